The number of sulfonamides is 1. The zero-order chi connectivity index (χ0) is 21.6. The van der Waals surface area contributed by atoms with Gasteiger partial charge in [0.15, 0.2) is 0 Å². The fraction of sp³-hybridized carbons (Fsp3) is 0.421. The van der Waals surface area contributed by atoms with Crippen LogP contribution in [0.1, 0.15) is 30.4 Å². The average molecular weight is 450 g/mol. The smallest absolute Gasteiger partial charge is 0.308 e. The third-order valence-corrected chi connectivity index (χ3v) is 8.12. The zero-order valence-electron chi connectivity index (χ0n) is 17.0. The third-order valence-electron chi connectivity index (χ3n) is 5.30. The van der Waals surface area contributed by atoms with Crippen LogP contribution in [0, 0.1) is 0 Å². The second kappa shape index (κ2) is 7.64. The van der Waals surface area contributed by atoms with Crippen LogP contribution in [0.25, 0.3) is 10.2 Å². The maximum absolute atomic E-state index is 13.1. The standard InChI is InChI=1S/C19H23N5O4S2/c1-13(2)24-15-5-4-14(12-17(15)29-19(24)26)30(27,28)23-10-8-22(9-11-23)18(25)16-6-7-20-21(16)3/h4-7,12-13H,8-11H2,1-3H3. The lowest BCUT2D eigenvalue weighted by atomic mass is 10.3. The summed E-state index contributed by atoms with van der Waals surface area (Å²) in [4.78, 5) is 26.6. The number of thiazole rings is 1. The van der Waals surface area contributed by atoms with E-state index in [1.165, 1.54) is 8.99 Å². The SMILES string of the molecule is CC(C)n1c(=O)sc2cc(S(=O)(=O)N3CCN(C(=O)c4ccnn4C)CC3)ccc21. The minimum absolute atomic E-state index is 0.00116. The number of fused-ring (bicyclic) bond motifs is 1. The first-order chi connectivity index (χ1) is 14.2. The summed E-state index contributed by atoms with van der Waals surface area (Å²) in [6.45, 7) is 4.89. The Hall–Kier alpha value is -2.50. The summed E-state index contributed by atoms with van der Waals surface area (Å²) in [6, 6.07) is 6.47. The lowest BCUT2D eigenvalue weighted by Gasteiger charge is -2.34. The molecule has 1 aliphatic heterocycles. The molecular formula is C19H23N5O4S2. The summed E-state index contributed by atoms with van der Waals surface area (Å²) in [5.74, 6) is -0.159. The average Bonchev–Trinajstić information content (AvgIpc) is 3.28. The molecule has 1 saturated heterocycles. The van der Waals surface area contributed by atoms with Crippen LogP contribution in [-0.2, 0) is 17.1 Å². The Morgan fingerprint density at radius 3 is 2.43 bits per heavy atom. The Labute approximate surface area is 178 Å². The van der Waals surface area contributed by atoms with E-state index in [0.717, 1.165) is 16.9 Å². The van der Waals surface area contributed by atoms with Gasteiger partial charge in [-0.05, 0) is 38.1 Å². The summed E-state index contributed by atoms with van der Waals surface area (Å²) < 4.78 is 31.5. The molecule has 1 aliphatic rings. The molecule has 11 heteroatoms. The van der Waals surface area contributed by atoms with Crippen LogP contribution in [-0.4, -0.2) is 64.1 Å². The summed E-state index contributed by atoms with van der Waals surface area (Å²) in [5, 5.41) is 4.01. The topological polar surface area (TPSA) is 97.5 Å². The number of carbonyl (C=O) groups is 1. The molecule has 0 aliphatic carbocycles. The van der Waals surface area contributed by atoms with Gasteiger partial charge < -0.3 is 4.90 Å². The van der Waals surface area contributed by atoms with Crippen molar-refractivity contribution >= 4 is 37.5 Å². The number of hydrogen-bond donors (Lipinski definition) is 0. The highest BCUT2D eigenvalue weighted by atomic mass is 32.2. The van der Waals surface area contributed by atoms with E-state index >= 15 is 0 Å². The van der Waals surface area contributed by atoms with Crippen molar-refractivity contribution in [1.29, 1.82) is 0 Å². The second-order valence-electron chi connectivity index (χ2n) is 7.50. The van der Waals surface area contributed by atoms with Crippen LogP contribution in [0.15, 0.2) is 40.2 Å². The van der Waals surface area contributed by atoms with Gasteiger partial charge in [-0.15, -0.1) is 0 Å². The molecule has 2 aromatic heterocycles. The molecule has 160 valence electrons. The van der Waals surface area contributed by atoms with Crippen LogP contribution in [0.2, 0.25) is 0 Å². The molecule has 4 rings (SSSR count). The van der Waals surface area contributed by atoms with Crippen LogP contribution in [0.4, 0.5) is 0 Å². The summed E-state index contributed by atoms with van der Waals surface area (Å²) >= 11 is 1.05. The van der Waals surface area contributed by atoms with Gasteiger partial charge in [-0.3, -0.25) is 18.8 Å². The number of hydrogen-bond acceptors (Lipinski definition) is 6. The molecule has 0 saturated carbocycles. The molecule has 9 nitrogen and oxygen atoms in total. The van der Waals surface area contributed by atoms with Crippen molar-refractivity contribution in [3.63, 3.8) is 0 Å². The van der Waals surface area contributed by atoms with Crippen molar-refractivity contribution in [3.8, 4) is 0 Å². The second-order valence-corrected chi connectivity index (χ2v) is 10.4. The Kier molecular flexibility index (Phi) is 5.28. The fourth-order valence-corrected chi connectivity index (χ4v) is 6.27. The maximum atomic E-state index is 13.1. The molecule has 0 unspecified atom stereocenters. The molecule has 0 bridgehead atoms. The molecule has 0 atom stereocenters. The van der Waals surface area contributed by atoms with E-state index < -0.39 is 10.0 Å². The molecule has 0 N–H and O–H groups in total. The number of rotatable bonds is 4. The fourth-order valence-electron chi connectivity index (χ4n) is 3.69. The molecule has 1 amide bonds. The Balaban J connectivity index is 1.54. The highest BCUT2D eigenvalue weighted by Gasteiger charge is 2.31. The van der Waals surface area contributed by atoms with E-state index in [1.807, 2.05) is 13.8 Å². The minimum Gasteiger partial charge on any atom is -0.335 e. The predicted octanol–water partition coefficient (Wildman–Crippen LogP) is 1.52. The zero-order valence-corrected chi connectivity index (χ0v) is 18.6. The van der Waals surface area contributed by atoms with Gasteiger partial charge in [0, 0.05) is 45.5 Å². The van der Waals surface area contributed by atoms with Crippen LogP contribution < -0.4 is 4.87 Å². The molecule has 0 radical (unpaired) electrons. The van der Waals surface area contributed by atoms with Gasteiger partial charge >= 0.3 is 4.87 Å². The molecule has 1 fully saturated rings. The maximum Gasteiger partial charge on any atom is 0.308 e. The first-order valence-electron chi connectivity index (χ1n) is 9.62. The number of benzene rings is 1. The minimum atomic E-state index is -3.72. The normalized spacial score (nSPS) is 15.9. The van der Waals surface area contributed by atoms with Crippen molar-refractivity contribution in [1.82, 2.24) is 23.6 Å². The van der Waals surface area contributed by atoms with Gasteiger partial charge in [-0.2, -0.15) is 9.40 Å². The van der Waals surface area contributed by atoms with Gasteiger partial charge in [-0.1, -0.05) is 11.3 Å². The third kappa shape index (κ3) is 3.46. The molecule has 3 aromatic rings. The Morgan fingerprint density at radius 1 is 1.13 bits per heavy atom. The molecule has 1 aromatic carbocycles. The van der Waals surface area contributed by atoms with Crippen LogP contribution >= 0.6 is 11.3 Å². The van der Waals surface area contributed by atoms with E-state index in [9.17, 15) is 18.0 Å². The monoisotopic (exact) mass is 449 g/mol. The van der Waals surface area contributed by atoms with Crippen molar-refractivity contribution in [2.75, 3.05) is 26.2 Å². The van der Waals surface area contributed by atoms with E-state index in [4.69, 9.17) is 0 Å². The van der Waals surface area contributed by atoms with Gasteiger partial charge in [0.2, 0.25) is 10.0 Å². The van der Waals surface area contributed by atoms with Gasteiger partial charge in [0.05, 0.1) is 15.1 Å². The highest BCUT2D eigenvalue weighted by Crippen LogP contribution is 2.26. The number of aromatic nitrogens is 3. The van der Waals surface area contributed by atoms with Crippen molar-refractivity contribution in [3.05, 3.63) is 45.8 Å². The Morgan fingerprint density at radius 2 is 1.83 bits per heavy atom. The van der Waals surface area contributed by atoms with Gasteiger partial charge in [-0.25, -0.2) is 8.42 Å². The van der Waals surface area contributed by atoms with Crippen molar-refractivity contribution in [2.24, 2.45) is 7.05 Å². The predicted molar refractivity (Wildman–Crippen MR) is 114 cm³/mol. The lowest BCUT2D eigenvalue weighted by molar-refractivity contribution is 0.0687. The quantitative estimate of drug-likeness (QED) is 0.602. The van der Waals surface area contributed by atoms with Crippen molar-refractivity contribution in [2.45, 2.75) is 24.8 Å². The van der Waals surface area contributed by atoms with Gasteiger partial charge in [0.25, 0.3) is 5.91 Å². The van der Waals surface area contributed by atoms with E-state index in [0.29, 0.717) is 23.5 Å². The summed E-state index contributed by atoms with van der Waals surface area (Å²) in [6.07, 6.45) is 1.56. The first-order valence-corrected chi connectivity index (χ1v) is 11.9. The number of amides is 1. The molecule has 30 heavy (non-hydrogen) atoms. The van der Waals surface area contributed by atoms with Crippen LogP contribution in [0.3, 0.4) is 0 Å². The summed E-state index contributed by atoms with van der Waals surface area (Å²) in [5.41, 5.74) is 1.21. The molecule has 0 spiro atoms. The molecular weight excluding hydrogens is 426 g/mol. The number of piperazine rings is 1. The number of carbonyl (C=O) groups excluding carboxylic acids is 1. The highest BCUT2D eigenvalue weighted by molar-refractivity contribution is 7.89. The number of aryl methyl sites for hydroxylation is 1. The largest absolute Gasteiger partial charge is 0.335 e. The molecule has 3 heterocycles. The van der Waals surface area contributed by atoms with E-state index in [2.05, 4.69) is 5.10 Å². The number of nitrogens with zero attached hydrogens (tertiary/aromatic N) is 5. The lowest BCUT2D eigenvalue weighted by Crippen LogP contribution is -2.50. The van der Waals surface area contributed by atoms with Crippen LogP contribution in [0.5, 0.6) is 0 Å². The van der Waals surface area contributed by atoms with Crippen molar-refractivity contribution < 1.29 is 13.2 Å². The summed E-state index contributed by atoms with van der Waals surface area (Å²) in [7, 11) is -2.02. The van der Waals surface area contributed by atoms with E-state index in [1.54, 1.807) is 47.0 Å². The first kappa shape index (κ1) is 20.8. The Bertz CT molecular complexity index is 1260. The van der Waals surface area contributed by atoms with E-state index in [-0.39, 0.29) is 34.8 Å². The van der Waals surface area contributed by atoms with Gasteiger partial charge in [0.1, 0.15) is 5.69 Å².